The SMILES string of the molecule is CC(N)(C(=O)Nc1ccc(Cl)cc1F)C(F)(F)F. The lowest BCUT2D eigenvalue weighted by molar-refractivity contribution is -0.184. The van der Waals surface area contributed by atoms with Gasteiger partial charge in [0.2, 0.25) is 0 Å². The number of amides is 1. The van der Waals surface area contributed by atoms with E-state index >= 15 is 0 Å². The van der Waals surface area contributed by atoms with Crippen LogP contribution in [0.5, 0.6) is 0 Å². The molecule has 0 aliphatic rings. The minimum atomic E-state index is -4.94. The highest BCUT2D eigenvalue weighted by atomic mass is 35.5. The molecule has 1 amide bonds. The van der Waals surface area contributed by atoms with Crippen LogP contribution in [0.1, 0.15) is 6.92 Å². The number of nitrogens with two attached hydrogens (primary N) is 1. The van der Waals surface area contributed by atoms with E-state index in [-0.39, 0.29) is 5.02 Å². The Morgan fingerprint density at radius 3 is 2.39 bits per heavy atom. The van der Waals surface area contributed by atoms with Crippen LogP contribution in [0.15, 0.2) is 18.2 Å². The number of anilines is 1. The average molecular weight is 285 g/mol. The van der Waals surface area contributed by atoms with Crippen LogP contribution in [0.25, 0.3) is 0 Å². The highest BCUT2D eigenvalue weighted by Gasteiger charge is 2.54. The van der Waals surface area contributed by atoms with E-state index in [1.54, 1.807) is 5.32 Å². The molecule has 0 heterocycles. The van der Waals surface area contributed by atoms with Crippen LogP contribution in [-0.4, -0.2) is 17.6 Å². The number of rotatable bonds is 2. The lowest BCUT2D eigenvalue weighted by atomic mass is 10.0. The second-order valence-corrected chi connectivity index (χ2v) is 4.21. The van der Waals surface area contributed by atoms with Crippen molar-refractivity contribution in [2.45, 2.75) is 18.6 Å². The van der Waals surface area contributed by atoms with E-state index in [1.165, 1.54) is 6.07 Å². The summed E-state index contributed by atoms with van der Waals surface area (Å²) in [7, 11) is 0. The van der Waals surface area contributed by atoms with Crippen molar-refractivity contribution in [1.82, 2.24) is 0 Å². The van der Waals surface area contributed by atoms with Crippen LogP contribution in [0, 0.1) is 5.82 Å². The quantitative estimate of drug-likeness (QED) is 0.821. The Kier molecular flexibility index (Phi) is 3.87. The first-order valence-corrected chi connectivity index (χ1v) is 5.05. The molecule has 1 aromatic rings. The van der Waals surface area contributed by atoms with E-state index in [9.17, 15) is 22.4 Å². The van der Waals surface area contributed by atoms with Crippen LogP contribution in [0.2, 0.25) is 5.02 Å². The Hall–Kier alpha value is -1.34. The number of alkyl halides is 3. The number of carbonyl (C=O) groups is 1. The van der Waals surface area contributed by atoms with Gasteiger partial charge in [-0.1, -0.05) is 11.6 Å². The maximum absolute atomic E-state index is 13.3. The molecule has 1 rings (SSSR count). The van der Waals surface area contributed by atoms with Gasteiger partial charge >= 0.3 is 6.18 Å². The van der Waals surface area contributed by atoms with E-state index in [2.05, 4.69) is 0 Å². The summed E-state index contributed by atoms with van der Waals surface area (Å²) in [6.07, 6.45) is -4.94. The van der Waals surface area contributed by atoms with Gasteiger partial charge in [0, 0.05) is 5.02 Å². The molecule has 1 atom stereocenters. The smallest absolute Gasteiger partial charge is 0.322 e. The van der Waals surface area contributed by atoms with E-state index < -0.39 is 29.1 Å². The van der Waals surface area contributed by atoms with Gasteiger partial charge in [-0.05, 0) is 25.1 Å². The Bertz CT molecular complexity index is 473. The zero-order chi connectivity index (χ0) is 14.1. The summed E-state index contributed by atoms with van der Waals surface area (Å²) in [6, 6.07) is 3.13. The maximum atomic E-state index is 13.3. The van der Waals surface area contributed by atoms with E-state index in [0.29, 0.717) is 6.92 Å². The first-order chi connectivity index (χ1) is 8.05. The lowest BCUT2D eigenvalue weighted by Gasteiger charge is -2.26. The first kappa shape index (κ1) is 14.7. The molecule has 3 nitrogen and oxygen atoms in total. The van der Waals surface area contributed by atoms with Crippen LogP contribution in [-0.2, 0) is 4.79 Å². The fourth-order valence-corrected chi connectivity index (χ4v) is 1.13. The van der Waals surface area contributed by atoms with Crippen molar-refractivity contribution in [3.8, 4) is 0 Å². The molecule has 1 unspecified atom stereocenters. The Labute approximate surface area is 105 Å². The number of carbonyl (C=O) groups excluding carboxylic acids is 1. The van der Waals surface area contributed by atoms with Crippen molar-refractivity contribution in [2.75, 3.05) is 5.32 Å². The molecule has 0 fully saturated rings. The summed E-state index contributed by atoms with van der Waals surface area (Å²) in [4.78, 5) is 11.4. The summed E-state index contributed by atoms with van der Waals surface area (Å²) >= 11 is 5.46. The molecule has 3 N–H and O–H groups in total. The molecule has 0 aliphatic heterocycles. The minimum absolute atomic E-state index is 0.0526. The molecule has 8 heteroatoms. The third-order valence-corrected chi connectivity index (χ3v) is 2.47. The monoisotopic (exact) mass is 284 g/mol. The average Bonchev–Trinajstić information content (AvgIpc) is 2.20. The molecule has 0 spiro atoms. The van der Waals surface area contributed by atoms with Crippen LogP contribution < -0.4 is 11.1 Å². The zero-order valence-corrected chi connectivity index (χ0v) is 9.86. The molecule has 0 radical (unpaired) electrons. The fourth-order valence-electron chi connectivity index (χ4n) is 0.972. The van der Waals surface area contributed by atoms with Crippen molar-refractivity contribution in [2.24, 2.45) is 5.73 Å². The van der Waals surface area contributed by atoms with Gasteiger partial charge in [0.05, 0.1) is 5.69 Å². The van der Waals surface area contributed by atoms with E-state index in [0.717, 1.165) is 12.1 Å². The molecule has 100 valence electrons. The van der Waals surface area contributed by atoms with Gasteiger partial charge in [0.25, 0.3) is 5.91 Å². The van der Waals surface area contributed by atoms with Gasteiger partial charge in [0.1, 0.15) is 5.82 Å². The number of hydrogen-bond donors (Lipinski definition) is 2. The first-order valence-electron chi connectivity index (χ1n) is 4.68. The molecule has 0 aromatic heterocycles. The van der Waals surface area contributed by atoms with E-state index in [4.69, 9.17) is 17.3 Å². The molecular formula is C10H9ClF4N2O. The standard InChI is InChI=1S/C10H9ClF4N2O/c1-9(16,10(13,14)15)8(18)17-7-3-2-5(11)4-6(7)12/h2-4H,16H2,1H3,(H,17,18). The Morgan fingerprint density at radius 2 is 1.94 bits per heavy atom. The van der Waals surface area contributed by atoms with Crippen molar-refractivity contribution in [1.29, 1.82) is 0 Å². The third-order valence-electron chi connectivity index (χ3n) is 2.24. The van der Waals surface area contributed by atoms with Crippen LogP contribution in [0.3, 0.4) is 0 Å². The molecular weight excluding hydrogens is 276 g/mol. The number of nitrogens with one attached hydrogen (secondary N) is 1. The van der Waals surface area contributed by atoms with Crippen molar-refractivity contribution >= 4 is 23.2 Å². The molecule has 0 bridgehead atoms. The molecule has 1 aromatic carbocycles. The van der Waals surface area contributed by atoms with Crippen LogP contribution >= 0.6 is 11.6 Å². The molecule has 0 saturated heterocycles. The van der Waals surface area contributed by atoms with Gasteiger partial charge in [-0.25, -0.2) is 4.39 Å². The molecule has 0 saturated carbocycles. The van der Waals surface area contributed by atoms with Crippen molar-refractivity contribution in [3.05, 3.63) is 29.0 Å². The second-order valence-electron chi connectivity index (χ2n) is 3.78. The minimum Gasteiger partial charge on any atom is -0.322 e. The Balaban J connectivity index is 2.95. The largest absolute Gasteiger partial charge is 0.415 e. The van der Waals surface area contributed by atoms with Gasteiger partial charge < -0.3 is 11.1 Å². The second kappa shape index (κ2) is 4.74. The summed E-state index contributed by atoms with van der Waals surface area (Å²) in [5.74, 6) is -2.51. The van der Waals surface area contributed by atoms with Crippen molar-refractivity contribution < 1.29 is 22.4 Å². The number of halogens is 5. The predicted octanol–water partition coefficient (Wildman–Crippen LogP) is 2.70. The van der Waals surface area contributed by atoms with Crippen molar-refractivity contribution in [3.63, 3.8) is 0 Å². The predicted molar refractivity (Wildman–Crippen MR) is 58.7 cm³/mol. The Morgan fingerprint density at radius 1 is 1.39 bits per heavy atom. The highest BCUT2D eigenvalue weighted by molar-refractivity contribution is 6.30. The van der Waals surface area contributed by atoms with Gasteiger partial charge in [0.15, 0.2) is 5.54 Å². The summed E-state index contributed by atoms with van der Waals surface area (Å²) < 4.78 is 50.6. The van der Waals surface area contributed by atoms with E-state index in [1.807, 2.05) is 0 Å². The summed E-state index contributed by atoms with van der Waals surface area (Å²) in [5.41, 5.74) is 1.34. The normalized spacial score (nSPS) is 15.1. The number of benzene rings is 1. The fraction of sp³-hybridized carbons (Fsp3) is 0.300. The number of hydrogen-bond acceptors (Lipinski definition) is 2. The topological polar surface area (TPSA) is 55.1 Å². The maximum Gasteiger partial charge on any atom is 0.415 e. The summed E-state index contributed by atoms with van der Waals surface area (Å²) in [6.45, 7) is 0.496. The molecule has 18 heavy (non-hydrogen) atoms. The lowest BCUT2D eigenvalue weighted by Crippen LogP contribution is -2.59. The highest BCUT2D eigenvalue weighted by Crippen LogP contribution is 2.29. The molecule has 0 aliphatic carbocycles. The van der Waals surface area contributed by atoms with Gasteiger partial charge in [-0.3, -0.25) is 4.79 Å². The zero-order valence-electron chi connectivity index (χ0n) is 9.11. The summed E-state index contributed by atoms with van der Waals surface area (Å²) in [5, 5.41) is 1.82. The van der Waals surface area contributed by atoms with Crippen LogP contribution in [0.4, 0.5) is 23.2 Å². The third kappa shape index (κ3) is 2.91. The van der Waals surface area contributed by atoms with Gasteiger partial charge in [-0.15, -0.1) is 0 Å². The van der Waals surface area contributed by atoms with Gasteiger partial charge in [-0.2, -0.15) is 13.2 Å².